The van der Waals surface area contributed by atoms with Gasteiger partial charge in [0.25, 0.3) is 0 Å². The zero-order valence-corrected chi connectivity index (χ0v) is 18.9. The number of benzene rings is 1. The van der Waals surface area contributed by atoms with E-state index in [-0.39, 0.29) is 46.7 Å². The first-order chi connectivity index (χ1) is 14.3. The van der Waals surface area contributed by atoms with Crippen LogP contribution >= 0.6 is 23.2 Å². The molecule has 3 aliphatic rings. The number of halogens is 2. The number of amides is 2. The Hall–Kier alpha value is -1.35. The summed E-state index contributed by atoms with van der Waals surface area (Å²) >= 11 is 12.0. The molecule has 0 aromatic heterocycles. The predicted molar refractivity (Wildman–Crippen MR) is 114 cm³/mol. The number of hydrogen-bond donors (Lipinski definition) is 0. The molecular formula is C20H25Cl2N3O4S. The van der Waals surface area contributed by atoms with Crippen molar-refractivity contribution in [2.75, 3.05) is 39.3 Å². The summed E-state index contributed by atoms with van der Waals surface area (Å²) in [6.07, 6.45) is 3.52. The molecule has 30 heavy (non-hydrogen) atoms. The van der Waals surface area contributed by atoms with Crippen molar-refractivity contribution in [3.8, 4) is 0 Å². The summed E-state index contributed by atoms with van der Waals surface area (Å²) in [5.74, 6) is 0.154. The highest BCUT2D eigenvalue weighted by atomic mass is 35.5. The smallest absolute Gasteiger partial charge is 0.244 e. The van der Waals surface area contributed by atoms with Crippen LogP contribution in [0.4, 0.5) is 0 Å². The summed E-state index contributed by atoms with van der Waals surface area (Å²) in [7, 11) is -3.79. The molecule has 164 valence electrons. The number of likely N-dealkylation sites (tertiary alicyclic amines) is 1. The van der Waals surface area contributed by atoms with Crippen molar-refractivity contribution in [2.45, 2.75) is 30.6 Å². The highest BCUT2D eigenvalue weighted by Crippen LogP contribution is 2.33. The molecule has 1 aliphatic carbocycles. The van der Waals surface area contributed by atoms with Crippen LogP contribution in [0.3, 0.4) is 0 Å². The molecule has 1 unspecified atom stereocenters. The average molecular weight is 474 g/mol. The fraction of sp³-hybridized carbons (Fsp3) is 0.600. The molecule has 2 aliphatic heterocycles. The SMILES string of the molecule is O=C(C1CCCN(C(=O)C2CC2)C1)N1CCN(S(=O)(=O)c2cc(Cl)ccc2Cl)CC1. The van der Waals surface area contributed by atoms with Crippen LogP contribution in [-0.2, 0) is 19.6 Å². The summed E-state index contributed by atoms with van der Waals surface area (Å²) in [6, 6.07) is 4.36. The maximum absolute atomic E-state index is 13.0. The number of piperidine rings is 1. The first-order valence-electron chi connectivity index (χ1n) is 10.3. The molecule has 7 nitrogen and oxygen atoms in total. The Morgan fingerprint density at radius 3 is 2.20 bits per heavy atom. The number of nitrogens with zero attached hydrogens (tertiary/aromatic N) is 3. The number of carbonyl (C=O) groups excluding carboxylic acids is 2. The summed E-state index contributed by atoms with van der Waals surface area (Å²) in [4.78, 5) is 28.9. The van der Waals surface area contributed by atoms with Gasteiger partial charge in [0.15, 0.2) is 0 Å². The summed E-state index contributed by atoms with van der Waals surface area (Å²) in [6.45, 7) is 2.26. The van der Waals surface area contributed by atoms with Gasteiger partial charge in [-0.2, -0.15) is 4.31 Å². The molecule has 4 rings (SSSR count). The molecule has 0 N–H and O–H groups in total. The molecule has 3 fully saturated rings. The lowest BCUT2D eigenvalue weighted by Crippen LogP contribution is -2.54. The second-order valence-electron chi connectivity index (χ2n) is 8.20. The molecule has 0 spiro atoms. The van der Waals surface area contributed by atoms with Crippen molar-refractivity contribution in [3.63, 3.8) is 0 Å². The van der Waals surface area contributed by atoms with Crippen molar-refractivity contribution in [1.29, 1.82) is 0 Å². The van der Waals surface area contributed by atoms with Crippen LogP contribution in [0.5, 0.6) is 0 Å². The highest BCUT2D eigenvalue weighted by Gasteiger charge is 2.39. The Balaban J connectivity index is 1.37. The van der Waals surface area contributed by atoms with Crippen LogP contribution in [0, 0.1) is 11.8 Å². The quantitative estimate of drug-likeness (QED) is 0.672. The predicted octanol–water partition coefficient (Wildman–Crippen LogP) is 2.47. The lowest BCUT2D eigenvalue weighted by molar-refractivity contribution is -0.142. The standard InChI is InChI=1S/C20H25Cl2N3O4S/c21-16-5-6-17(22)18(12-16)30(28,29)25-10-8-23(9-11-25)20(27)15-2-1-7-24(13-15)19(26)14-3-4-14/h5-6,12,14-15H,1-4,7-11,13H2. The first kappa shape index (κ1) is 21.9. The minimum Gasteiger partial charge on any atom is -0.342 e. The molecule has 1 aromatic rings. The minimum absolute atomic E-state index is 0.0149. The van der Waals surface area contributed by atoms with Crippen LogP contribution in [0.15, 0.2) is 23.1 Å². The van der Waals surface area contributed by atoms with Gasteiger partial charge in [0, 0.05) is 50.2 Å². The molecule has 0 bridgehead atoms. The Kier molecular flexibility index (Phi) is 6.30. The Morgan fingerprint density at radius 1 is 0.867 bits per heavy atom. The maximum atomic E-state index is 13.0. The summed E-state index contributed by atoms with van der Waals surface area (Å²) in [5.41, 5.74) is 0. The molecule has 10 heteroatoms. The zero-order valence-electron chi connectivity index (χ0n) is 16.6. The van der Waals surface area contributed by atoms with Crippen molar-refractivity contribution in [3.05, 3.63) is 28.2 Å². The number of carbonyl (C=O) groups is 2. The van der Waals surface area contributed by atoms with E-state index in [2.05, 4.69) is 0 Å². The van der Waals surface area contributed by atoms with Gasteiger partial charge in [-0.1, -0.05) is 23.2 Å². The zero-order chi connectivity index (χ0) is 21.5. The summed E-state index contributed by atoms with van der Waals surface area (Å²) in [5, 5.41) is 0.426. The fourth-order valence-electron chi connectivity index (χ4n) is 4.19. The second-order valence-corrected chi connectivity index (χ2v) is 11.0. The van der Waals surface area contributed by atoms with E-state index in [0.717, 1.165) is 32.2 Å². The van der Waals surface area contributed by atoms with Crippen molar-refractivity contribution < 1.29 is 18.0 Å². The van der Waals surface area contributed by atoms with Gasteiger partial charge in [0.2, 0.25) is 21.8 Å². The average Bonchev–Trinajstić information content (AvgIpc) is 3.60. The number of sulfonamides is 1. The van der Waals surface area contributed by atoms with Gasteiger partial charge in [-0.25, -0.2) is 8.42 Å². The Morgan fingerprint density at radius 2 is 1.53 bits per heavy atom. The van der Waals surface area contributed by atoms with E-state index < -0.39 is 10.0 Å². The van der Waals surface area contributed by atoms with Gasteiger partial charge in [-0.3, -0.25) is 9.59 Å². The van der Waals surface area contributed by atoms with Crippen LogP contribution in [0.1, 0.15) is 25.7 Å². The first-order valence-corrected chi connectivity index (χ1v) is 12.5. The van der Waals surface area contributed by atoms with E-state index in [4.69, 9.17) is 23.2 Å². The lowest BCUT2D eigenvalue weighted by atomic mass is 9.96. The number of piperazine rings is 1. The highest BCUT2D eigenvalue weighted by molar-refractivity contribution is 7.89. The van der Waals surface area contributed by atoms with Gasteiger partial charge in [0.05, 0.1) is 10.9 Å². The normalized spacial score (nSPS) is 23.5. The van der Waals surface area contributed by atoms with Crippen molar-refractivity contribution in [1.82, 2.24) is 14.1 Å². The van der Waals surface area contributed by atoms with E-state index in [1.165, 1.54) is 16.4 Å². The second kappa shape index (κ2) is 8.65. The number of rotatable bonds is 4. The van der Waals surface area contributed by atoms with Crippen LogP contribution in [-0.4, -0.2) is 73.6 Å². The fourth-order valence-corrected chi connectivity index (χ4v) is 6.35. The van der Waals surface area contributed by atoms with Crippen molar-refractivity contribution in [2.24, 2.45) is 11.8 Å². The maximum Gasteiger partial charge on any atom is 0.244 e. The van der Waals surface area contributed by atoms with Gasteiger partial charge in [-0.05, 0) is 43.9 Å². The van der Waals surface area contributed by atoms with Gasteiger partial charge < -0.3 is 9.80 Å². The molecule has 2 saturated heterocycles. The minimum atomic E-state index is -3.79. The third-order valence-corrected chi connectivity index (χ3v) is 8.69. The van der Waals surface area contributed by atoms with E-state index in [9.17, 15) is 18.0 Å². The molecule has 1 atom stereocenters. The molecule has 2 amide bonds. The summed E-state index contributed by atoms with van der Waals surface area (Å²) < 4.78 is 27.3. The third kappa shape index (κ3) is 4.47. The van der Waals surface area contributed by atoms with E-state index in [0.29, 0.717) is 24.7 Å². The van der Waals surface area contributed by atoms with E-state index >= 15 is 0 Å². The van der Waals surface area contributed by atoms with E-state index in [1.807, 2.05) is 4.90 Å². The van der Waals surface area contributed by atoms with Gasteiger partial charge >= 0.3 is 0 Å². The van der Waals surface area contributed by atoms with E-state index in [1.54, 1.807) is 11.0 Å². The molecule has 2 heterocycles. The topological polar surface area (TPSA) is 78.0 Å². The number of hydrogen-bond acceptors (Lipinski definition) is 4. The third-order valence-electron chi connectivity index (χ3n) is 6.07. The molecule has 1 saturated carbocycles. The molecule has 1 aromatic carbocycles. The Labute approximate surface area is 186 Å². The van der Waals surface area contributed by atoms with Crippen LogP contribution in [0.2, 0.25) is 10.0 Å². The van der Waals surface area contributed by atoms with Gasteiger partial charge in [0.1, 0.15) is 4.90 Å². The Bertz CT molecular complexity index is 943. The lowest BCUT2D eigenvalue weighted by Gasteiger charge is -2.38. The largest absolute Gasteiger partial charge is 0.342 e. The van der Waals surface area contributed by atoms with Crippen LogP contribution < -0.4 is 0 Å². The van der Waals surface area contributed by atoms with Crippen LogP contribution in [0.25, 0.3) is 0 Å². The monoisotopic (exact) mass is 473 g/mol. The van der Waals surface area contributed by atoms with Gasteiger partial charge in [-0.15, -0.1) is 0 Å². The molecular weight excluding hydrogens is 449 g/mol. The van der Waals surface area contributed by atoms with Crippen molar-refractivity contribution >= 4 is 45.0 Å². The molecule has 0 radical (unpaired) electrons.